The zero-order valence-electron chi connectivity index (χ0n) is 16.7. The molecule has 154 valence electrons. The fraction of sp³-hybridized carbons (Fsp3) is 0.400. The van der Waals surface area contributed by atoms with Gasteiger partial charge in [-0.3, -0.25) is 19.2 Å². The van der Waals surface area contributed by atoms with Crippen molar-refractivity contribution in [1.82, 2.24) is 0 Å². The largest absolute Gasteiger partial charge is 0.302 e. The monoisotopic (exact) mass is 426 g/mol. The van der Waals surface area contributed by atoms with Crippen LogP contribution in [-0.2, 0) is 27.5 Å². The van der Waals surface area contributed by atoms with E-state index in [1.807, 2.05) is 0 Å². The Morgan fingerprint density at radius 1 is 0.607 bits per heavy atom. The average Bonchev–Trinajstić information content (AvgIpc) is 2.61. The molecule has 0 unspecified atom stereocenters. The summed E-state index contributed by atoms with van der Waals surface area (Å²) in [5.41, 5.74) is 0.987. The highest BCUT2D eigenvalue weighted by Gasteiger charge is 2.29. The minimum absolute atomic E-state index is 0.183. The average molecular weight is 427 g/mol. The molecule has 0 aromatic rings. The van der Waals surface area contributed by atoms with Crippen LogP contribution in [0.3, 0.4) is 0 Å². The number of carbonyl (C=O) groups is 4. The van der Waals surface area contributed by atoms with E-state index in [2.05, 4.69) is 26.3 Å². The van der Waals surface area contributed by atoms with E-state index in [1.165, 1.54) is 27.7 Å². The van der Waals surface area contributed by atoms with Crippen LogP contribution in [-0.4, -0.2) is 36.3 Å². The topological polar surface area (TPSA) is 86.7 Å². The summed E-state index contributed by atoms with van der Waals surface area (Å²) >= 11 is 1.57. The van der Waals surface area contributed by atoms with Crippen LogP contribution < -0.4 is 0 Å². The third-order valence-electron chi connectivity index (χ3n) is 3.54. The summed E-state index contributed by atoms with van der Waals surface area (Å²) < 4.78 is 10.5. The Labute approximate surface area is 174 Å². The predicted octanol–water partition coefficient (Wildman–Crippen LogP) is 4.04. The Morgan fingerprint density at radius 3 is 1.00 bits per heavy atom. The van der Waals surface area contributed by atoms with Crippen molar-refractivity contribution >= 4 is 45.3 Å². The molecule has 0 fully saturated rings. The first-order valence-electron chi connectivity index (χ1n) is 8.28. The molecule has 0 amide bonds. The smallest absolute Gasteiger partial charge is 0.171 e. The maximum Gasteiger partial charge on any atom is 0.171 e. The fourth-order valence-corrected chi connectivity index (χ4v) is 2.99. The van der Waals surface area contributed by atoms with Gasteiger partial charge in [0.1, 0.15) is 11.8 Å². The van der Waals surface area contributed by atoms with Gasteiger partial charge in [-0.15, -0.1) is 0 Å². The number of hydrogen-bond donors (Lipinski definition) is 0. The molecule has 28 heavy (non-hydrogen) atoms. The van der Waals surface area contributed by atoms with Gasteiger partial charge in [-0.2, -0.15) is 0 Å². The highest BCUT2D eigenvalue weighted by Crippen LogP contribution is 2.27. The molecule has 0 saturated carbocycles. The lowest BCUT2D eigenvalue weighted by molar-refractivity contribution is -0.131. The van der Waals surface area contributed by atoms with E-state index in [4.69, 9.17) is 8.37 Å². The van der Waals surface area contributed by atoms with Crippen LogP contribution in [0.2, 0.25) is 0 Å². The molecule has 8 heteroatoms. The fourth-order valence-electron chi connectivity index (χ4n) is 1.96. The van der Waals surface area contributed by atoms with Crippen LogP contribution in [0.4, 0.5) is 0 Å². The van der Waals surface area contributed by atoms with Gasteiger partial charge in [0.15, 0.2) is 23.1 Å². The number of rotatable bonds is 15. The van der Waals surface area contributed by atoms with E-state index in [0.717, 1.165) is 22.1 Å². The normalized spacial score (nSPS) is 10.6. The predicted molar refractivity (Wildman–Crippen MR) is 113 cm³/mol. The summed E-state index contributed by atoms with van der Waals surface area (Å²) in [7, 11) is 0. The number of allylic oxidation sites excluding steroid dienone is 4. The maximum atomic E-state index is 12.1. The van der Waals surface area contributed by atoms with Crippen molar-refractivity contribution < 1.29 is 27.5 Å². The summed E-state index contributed by atoms with van der Waals surface area (Å²) in [6, 6.07) is 0. The molecular formula is C20H26O6S2. The van der Waals surface area contributed by atoms with Crippen molar-refractivity contribution in [1.29, 1.82) is 0 Å². The van der Waals surface area contributed by atoms with Gasteiger partial charge in [0.25, 0.3) is 0 Å². The number of hydrogen-bond acceptors (Lipinski definition) is 8. The molecule has 6 nitrogen and oxygen atoms in total. The Balaban J connectivity index is 4.66. The second-order valence-corrected chi connectivity index (χ2v) is 7.95. The Kier molecular flexibility index (Phi) is 11.9. The summed E-state index contributed by atoms with van der Waals surface area (Å²) in [6.07, 6.45) is 0. The van der Waals surface area contributed by atoms with Gasteiger partial charge in [0.2, 0.25) is 0 Å². The lowest BCUT2D eigenvalue weighted by Gasteiger charge is -2.15. The Bertz CT molecular complexity index is 595. The Hall–Kier alpha value is -1.74. The molecule has 0 heterocycles. The molecule has 0 atom stereocenters. The number of Topliss-reactive ketones (excluding diaryl/α,β-unsaturated/α-hetero) is 4. The molecule has 0 aromatic carbocycles. The van der Waals surface area contributed by atoms with Crippen LogP contribution >= 0.6 is 22.1 Å². The van der Waals surface area contributed by atoms with Crippen LogP contribution in [0.1, 0.15) is 27.7 Å². The first-order valence-corrected chi connectivity index (χ1v) is 10.3. The molecule has 0 saturated heterocycles. The Morgan fingerprint density at radius 2 is 0.821 bits per heavy atom. The lowest BCUT2D eigenvalue weighted by Crippen LogP contribution is -2.29. The highest BCUT2D eigenvalue weighted by molar-refractivity contribution is 8.73. The first kappa shape index (κ1) is 26.3. The second kappa shape index (κ2) is 12.7. The van der Waals surface area contributed by atoms with Crippen molar-refractivity contribution in [2.75, 3.05) is 13.2 Å². The first-order chi connectivity index (χ1) is 12.9. The van der Waals surface area contributed by atoms with Crippen LogP contribution in [0.5, 0.6) is 0 Å². The van der Waals surface area contributed by atoms with E-state index in [9.17, 15) is 19.2 Å². The van der Waals surface area contributed by atoms with Gasteiger partial charge in [0.05, 0.1) is 35.4 Å². The third kappa shape index (κ3) is 8.52. The molecule has 0 rings (SSSR count). The molecular weight excluding hydrogens is 400 g/mol. The zero-order chi connectivity index (χ0) is 22.0. The maximum absolute atomic E-state index is 12.1. The standard InChI is InChI=1S/C20H26O6S2/c1-11(2)17(21)15(18(22)12(3)4)9-25-27-28-26-10-16(19(23)13(5)6)20(24)14(7)8/h15-16H,1,3,5,7,9-10H2,2,4,6,8H3. The SMILES string of the molecule is C=C(C)C(=O)C(COSSOCC(C(=O)C(=C)C)C(=O)C(=C)C)C(=O)C(=C)C. The van der Waals surface area contributed by atoms with Gasteiger partial charge in [0, 0.05) is 0 Å². The van der Waals surface area contributed by atoms with Gasteiger partial charge in [-0.1, -0.05) is 26.3 Å². The number of ketones is 4. The third-order valence-corrected chi connectivity index (χ3v) is 4.81. The molecule has 0 N–H and O–H groups in total. The van der Waals surface area contributed by atoms with Gasteiger partial charge < -0.3 is 8.37 Å². The molecule has 0 bridgehead atoms. The molecule has 0 radical (unpaired) electrons. The molecule has 0 aliphatic rings. The summed E-state index contributed by atoms with van der Waals surface area (Å²) in [4.78, 5) is 48.4. The van der Waals surface area contributed by atoms with E-state index in [-0.39, 0.29) is 35.5 Å². The van der Waals surface area contributed by atoms with Crippen molar-refractivity contribution in [2.45, 2.75) is 27.7 Å². The van der Waals surface area contributed by atoms with Crippen molar-refractivity contribution in [2.24, 2.45) is 11.8 Å². The summed E-state index contributed by atoms with van der Waals surface area (Å²) in [5, 5.41) is 0. The second-order valence-electron chi connectivity index (χ2n) is 6.39. The molecule has 0 aliphatic carbocycles. The van der Waals surface area contributed by atoms with Crippen molar-refractivity contribution in [3.63, 3.8) is 0 Å². The minimum atomic E-state index is -1.02. The number of carbonyl (C=O) groups excluding carboxylic acids is 4. The van der Waals surface area contributed by atoms with E-state index in [1.54, 1.807) is 0 Å². The molecule has 0 aromatic heterocycles. The lowest BCUT2D eigenvalue weighted by atomic mass is 9.92. The zero-order valence-corrected chi connectivity index (χ0v) is 18.3. The van der Waals surface area contributed by atoms with E-state index in [0.29, 0.717) is 0 Å². The van der Waals surface area contributed by atoms with E-state index < -0.39 is 35.0 Å². The molecule has 0 aliphatic heterocycles. The van der Waals surface area contributed by atoms with E-state index >= 15 is 0 Å². The van der Waals surface area contributed by atoms with Crippen molar-refractivity contribution in [3.8, 4) is 0 Å². The highest BCUT2D eigenvalue weighted by atomic mass is 33.1. The van der Waals surface area contributed by atoms with Crippen molar-refractivity contribution in [3.05, 3.63) is 48.6 Å². The molecule has 0 spiro atoms. The quantitative estimate of drug-likeness (QED) is 0.127. The van der Waals surface area contributed by atoms with Crippen LogP contribution in [0, 0.1) is 11.8 Å². The van der Waals surface area contributed by atoms with Gasteiger partial charge in [-0.05, 0) is 50.0 Å². The van der Waals surface area contributed by atoms with Gasteiger partial charge in [-0.25, -0.2) is 0 Å². The van der Waals surface area contributed by atoms with Crippen LogP contribution in [0.25, 0.3) is 0 Å². The van der Waals surface area contributed by atoms with Crippen LogP contribution in [0.15, 0.2) is 48.6 Å². The summed E-state index contributed by atoms with van der Waals surface area (Å²) in [6.45, 7) is 19.9. The van der Waals surface area contributed by atoms with Gasteiger partial charge >= 0.3 is 0 Å². The minimum Gasteiger partial charge on any atom is -0.302 e. The summed E-state index contributed by atoms with van der Waals surface area (Å²) in [5.74, 6) is -3.72.